The van der Waals surface area contributed by atoms with Gasteiger partial charge in [-0.2, -0.15) is 0 Å². The van der Waals surface area contributed by atoms with Crippen molar-refractivity contribution in [2.45, 2.75) is 40.5 Å². The smallest absolute Gasteiger partial charge is 0.277 e. The molecule has 0 amide bonds. The number of rotatable bonds is 2. The molecule has 0 spiro atoms. The van der Waals surface area contributed by atoms with E-state index >= 15 is 0 Å². The molecule has 3 heterocycles. The Bertz CT molecular complexity index is 1370. The maximum atomic E-state index is 13.0. The predicted octanol–water partition coefficient (Wildman–Crippen LogP) is 3.19. The Hall–Kier alpha value is -2.73. The number of nitrogens with zero attached hydrogens (tertiary/aromatic N) is 2. The van der Waals surface area contributed by atoms with E-state index < -0.39 is 0 Å². The standard InChI is InChI=1S/C21H21N3O2S/c1-10(2)17-13(5)23-21-24(20(17)26)19(25)16(27-21)9-15-12(4)22-18-11(3)7-6-8-14(15)18/h6-10,22H,1-5H3/b16-9-. The van der Waals surface area contributed by atoms with Crippen molar-refractivity contribution in [3.05, 3.63) is 71.5 Å². The predicted molar refractivity (Wildman–Crippen MR) is 111 cm³/mol. The fourth-order valence-electron chi connectivity index (χ4n) is 3.70. The first-order valence-corrected chi connectivity index (χ1v) is 9.77. The average molecular weight is 379 g/mol. The molecule has 0 aliphatic rings. The van der Waals surface area contributed by atoms with Crippen LogP contribution in [0.2, 0.25) is 0 Å². The molecule has 0 aliphatic heterocycles. The summed E-state index contributed by atoms with van der Waals surface area (Å²) in [4.78, 5) is 34.2. The van der Waals surface area contributed by atoms with Crippen LogP contribution in [0, 0.1) is 20.8 Å². The molecule has 4 aromatic rings. The van der Waals surface area contributed by atoms with Gasteiger partial charge in [-0.1, -0.05) is 43.4 Å². The first-order chi connectivity index (χ1) is 12.8. The first-order valence-electron chi connectivity index (χ1n) is 8.95. The third-order valence-corrected chi connectivity index (χ3v) is 5.99. The summed E-state index contributed by atoms with van der Waals surface area (Å²) in [6, 6.07) is 6.11. The summed E-state index contributed by atoms with van der Waals surface area (Å²) in [5.74, 6) is 0.0208. The minimum Gasteiger partial charge on any atom is -0.358 e. The van der Waals surface area contributed by atoms with Gasteiger partial charge in [0.25, 0.3) is 11.1 Å². The van der Waals surface area contributed by atoms with Gasteiger partial charge in [0.2, 0.25) is 4.96 Å². The summed E-state index contributed by atoms with van der Waals surface area (Å²) < 4.78 is 1.74. The fraction of sp³-hybridized carbons (Fsp3) is 0.286. The minimum absolute atomic E-state index is 0.0208. The fourth-order valence-corrected chi connectivity index (χ4v) is 4.70. The van der Waals surface area contributed by atoms with Crippen LogP contribution >= 0.6 is 11.3 Å². The van der Waals surface area contributed by atoms with Gasteiger partial charge >= 0.3 is 0 Å². The average Bonchev–Trinajstić information content (AvgIpc) is 3.06. The first kappa shape index (κ1) is 17.7. The van der Waals surface area contributed by atoms with E-state index in [9.17, 15) is 9.59 Å². The van der Waals surface area contributed by atoms with Crippen molar-refractivity contribution in [3.63, 3.8) is 0 Å². The second kappa shape index (κ2) is 6.16. The molecule has 138 valence electrons. The third kappa shape index (κ3) is 2.63. The van der Waals surface area contributed by atoms with E-state index in [4.69, 9.17) is 0 Å². The van der Waals surface area contributed by atoms with Crippen LogP contribution < -0.4 is 15.7 Å². The van der Waals surface area contributed by atoms with Crippen LogP contribution in [-0.4, -0.2) is 14.4 Å². The zero-order valence-electron chi connectivity index (χ0n) is 16.0. The van der Waals surface area contributed by atoms with Crippen LogP contribution in [0.3, 0.4) is 0 Å². The summed E-state index contributed by atoms with van der Waals surface area (Å²) in [5, 5.41) is 1.07. The van der Waals surface area contributed by atoms with E-state index in [1.165, 1.54) is 15.7 Å². The van der Waals surface area contributed by atoms with Gasteiger partial charge in [-0.3, -0.25) is 9.59 Å². The second-order valence-electron chi connectivity index (χ2n) is 7.27. The number of para-hydroxylation sites is 1. The van der Waals surface area contributed by atoms with Gasteiger partial charge in [0, 0.05) is 33.4 Å². The molecule has 6 heteroatoms. The highest BCUT2D eigenvalue weighted by Gasteiger charge is 2.17. The molecule has 0 aliphatic carbocycles. The molecular weight excluding hydrogens is 358 g/mol. The third-order valence-electron chi connectivity index (χ3n) is 5.03. The molecule has 0 saturated heterocycles. The number of nitrogens with one attached hydrogen (secondary N) is 1. The van der Waals surface area contributed by atoms with Gasteiger partial charge in [0.05, 0.1) is 4.53 Å². The molecule has 0 atom stereocenters. The Morgan fingerprint density at radius 2 is 1.89 bits per heavy atom. The quantitative estimate of drug-likeness (QED) is 0.582. The Kier molecular flexibility index (Phi) is 4.03. The highest BCUT2D eigenvalue weighted by atomic mass is 32.1. The highest BCUT2D eigenvalue weighted by molar-refractivity contribution is 7.15. The van der Waals surface area contributed by atoms with Gasteiger partial charge in [-0.15, -0.1) is 0 Å². The molecule has 0 radical (unpaired) electrons. The SMILES string of the molecule is Cc1nc2s/c(=C\c3c(C)[nH]c4c(C)cccc34)c(=O)n2c(=O)c1C(C)C. The number of hydrogen-bond donors (Lipinski definition) is 1. The summed E-state index contributed by atoms with van der Waals surface area (Å²) in [6.45, 7) is 9.77. The van der Waals surface area contributed by atoms with Gasteiger partial charge < -0.3 is 4.98 Å². The summed E-state index contributed by atoms with van der Waals surface area (Å²) in [7, 11) is 0. The zero-order valence-corrected chi connectivity index (χ0v) is 16.8. The molecule has 1 aromatic carbocycles. The summed E-state index contributed by atoms with van der Waals surface area (Å²) >= 11 is 1.26. The Labute approximate surface area is 160 Å². The summed E-state index contributed by atoms with van der Waals surface area (Å²) in [5.41, 5.74) is 4.96. The number of fused-ring (bicyclic) bond motifs is 2. The molecule has 0 fully saturated rings. The molecule has 3 aromatic heterocycles. The Morgan fingerprint density at radius 3 is 2.59 bits per heavy atom. The number of aromatic nitrogens is 3. The van der Waals surface area contributed by atoms with E-state index in [0.717, 1.165) is 27.7 Å². The lowest BCUT2D eigenvalue weighted by Crippen LogP contribution is -2.33. The van der Waals surface area contributed by atoms with Gasteiger partial charge in [0.1, 0.15) is 0 Å². The highest BCUT2D eigenvalue weighted by Crippen LogP contribution is 2.25. The van der Waals surface area contributed by atoms with E-state index in [1.54, 1.807) is 0 Å². The molecule has 0 unspecified atom stereocenters. The number of aromatic amines is 1. The van der Waals surface area contributed by atoms with Crippen molar-refractivity contribution in [1.29, 1.82) is 0 Å². The van der Waals surface area contributed by atoms with Crippen LogP contribution in [0.15, 0.2) is 27.8 Å². The molecular formula is C21H21N3O2S. The van der Waals surface area contributed by atoms with Crippen molar-refractivity contribution < 1.29 is 0 Å². The number of hydrogen-bond acceptors (Lipinski definition) is 4. The van der Waals surface area contributed by atoms with Crippen LogP contribution in [0.4, 0.5) is 0 Å². The van der Waals surface area contributed by atoms with Crippen LogP contribution in [0.25, 0.3) is 21.9 Å². The van der Waals surface area contributed by atoms with Crippen LogP contribution in [0.5, 0.6) is 0 Å². The lowest BCUT2D eigenvalue weighted by atomic mass is 10.0. The van der Waals surface area contributed by atoms with Gasteiger partial charge in [0.15, 0.2) is 0 Å². The topological polar surface area (TPSA) is 67.2 Å². The van der Waals surface area contributed by atoms with E-state index in [0.29, 0.717) is 20.8 Å². The molecule has 0 bridgehead atoms. The Balaban J connectivity index is 2.07. The number of thiazole rings is 1. The monoisotopic (exact) mass is 379 g/mol. The summed E-state index contributed by atoms with van der Waals surface area (Å²) in [6.07, 6.45) is 1.87. The number of H-pyrrole nitrogens is 1. The van der Waals surface area contributed by atoms with Crippen molar-refractivity contribution in [1.82, 2.24) is 14.4 Å². The largest absolute Gasteiger partial charge is 0.358 e. The maximum Gasteiger partial charge on any atom is 0.277 e. The van der Waals surface area contributed by atoms with Crippen molar-refractivity contribution >= 4 is 33.3 Å². The normalized spacial score (nSPS) is 12.7. The maximum absolute atomic E-state index is 13.0. The molecule has 4 rings (SSSR count). The van der Waals surface area contributed by atoms with Crippen LogP contribution in [-0.2, 0) is 0 Å². The van der Waals surface area contributed by atoms with Crippen molar-refractivity contribution in [3.8, 4) is 0 Å². The molecule has 27 heavy (non-hydrogen) atoms. The lowest BCUT2D eigenvalue weighted by molar-refractivity contribution is 0.804. The molecule has 0 saturated carbocycles. The van der Waals surface area contributed by atoms with Crippen LogP contribution in [0.1, 0.15) is 47.8 Å². The van der Waals surface area contributed by atoms with E-state index in [2.05, 4.69) is 23.0 Å². The van der Waals surface area contributed by atoms with E-state index in [1.807, 2.05) is 45.9 Å². The molecule has 1 N–H and O–H groups in total. The number of aryl methyl sites for hydroxylation is 3. The van der Waals surface area contributed by atoms with Crippen molar-refractivity contribution in [2.24, 2.45) is 0 Å². The zero-order chi connectivity index (χ0) is 19.5. The van der Waals surface area contributed by atoms with Gasteiger partial charge in [-0.25, -0.2) is 9.38 Å². The van der Waals surface area contributed by atoms with Crippen molar-refractivity contribution in [2.75, 3.05) is 0 Å². The molecule has 5 nitrogen and oxygen atoms in total. The minimum atomic E-state index is -0.296. The number of benzene rings is 1. The Morgan fingerprint density at radius 1 is 1.15 bits per heavy atom. The van der Waals surface area contributed by atoms with Gasteiger partial charge in [-0.05, 0) is 38.3 Å². The van der Waals surface area contributed by atoms with E-state index in [-0.39, 0.29) is 17.0 Å². The second-order valence-corrected chi connectivity index (χ2v) is 8.27. The lowest BCUT2D eigenvalue weighted by Gasteiger charge is -2.07.